The average Bonchev–Trinajstić information content (AvgIpc) is 2.53. The maximum Gasteiger partial charge on any atom is 0.227 e. The summed E-state index contributed by atoms with van der Waals surface area (Å²) in [6.45, 7) is 2.53. The monoisotopic (exact) mass is 341 g/mol. The third kappa shape index (κ3) is 12.0. The first-order valence-corrected chi connectivity index (χ1v) is 10.4. The molecule has 5 nitrogen and oxygen atoms in total. The normalized spacial score (nSPS) is 12.5. The lowest BCUT2D eigenvalue weighted by Gasteiger charge is -2.12. The van der Waals surface area contributed by atoms with E-state index in [0.29, 0.717) is 19.4 Å². The van der Waals surface area contributed by atoms with E-state index in [0.717, 1.165) is 64.2 Å². The van der Waals surface area contributed by atoms with Gasteiger partial charge in [0.1, 0.15) is 0 Å². The van der Waals surface area contributed by atoms with Crippen LogP contribution in [0.5, 0.6) is 0 Å². The van der Waals surface area contributed by atoms with Crippen molar-refractivity contribution in [1.29, 1.82) is 10.5 Å². The minimum atomic E-state index is -3.52. The predicted octanol–water partition coefficient (Wildman–Crippen LogP) is 4.02. The molecule has 0 heterocycles. The van der Waals surface area contributed by atoms with Crippen molar-refractivity contribution in [3.63, 3.8) is 0 Å². The summed E-state index contributed by atoms with van der Waals surface area (Å²) in [5.41, 5.74) is 0. The molecule has 6 heteroatoms. The summed E-state index contributed by atoms with van der Waals surface area (Å²) in [6, 6.07) is 4.04. The van der Waals surface area contributed by atoms with Gasteiger partial charge in [-0.1, -0.05) is 58.3 Å². The van der Waals surface area contributed by atoms with E-state index in [2.05, 4.69) is 17.7 Å². The first-order valence-electron chi connectivity index (χ1n) is 8.83. The third-order valence-electron chi connectivity index (χ3n) is 3.86. The number of unbranched alkanes of at least 4 members (excludes halogenated alkanes) is 9. The molecule has 0 aromatic heterocycles. The molecule has 0 aromatic carbocycles. The zero-order valence-electron chi connectivity index (χ0n) is 14.4. The topological polar surface area (TPSA) is 93.8 Å². The Balaban J connectivity index is 3.86. The Kier molecular flexibility index (Phi) is 13.8. The summed E-state index contributed by atoms with van der Waals surface area (Å²) in [4.78, 5) is 0. The molecular weight excluding hydrogens is 310 g/mol. The summed E-state index contributed by atoms with van der Waals surface area (Å²) in [5, 5.41) is 16.6. The molecule has 0 aliphatic carbocycles. The maximum absolute atomic E-state index is 12.1. The van der Waals surface area contributed by atoms with Gasteiger partial charge in [-0.2, -0.15) is 10.5 Å². The van der Waals surface area contributed by atoms with E-state index in [-0.39, 0.29) is 0 Å². The van der Waals surface area contributed by atoms with Crippen LogP contribution < -0.4 is 4.72 Å². The summed E-state index contributed by atoms with van der Waals surface area (Å²) >= 11 is 0. The second kappa shape index (κ2) is 14.5. The van der Waals surface area contributed by atoms with E-state index in [4.69, 9.17) is 10.5 Å². The van der Waals surface area contributed by atoms with Gasteiger partial charge in [-0.25, -0.2) is 13.1 Å². The number of hydrogen-bond donors (Lipinski definition) is 1. The number of nitrogens with zero attached hydrogens (tertiary/aromatic N) is 2. The van der Waals surface area contributed by atoms with Crippen LogP contribution in [0.1, 0.15) is 84.0 Å². The lowest BCUT2D eigenvalue weighted by molar-refractivity contribution is 0.551. The summed E-state index contributed by atoms with van der Waals surface area (Å²) in [7, 11) is -3.52. The van der Waals surface area contributed by atoms with Gasteiger partial charge in [-0.3, -0.25) is 0 Å². The highest BCUT2D eigenvalue weighted by Crippen LogP contribution is 2.12. The van der Waals surface area contributed by atoms with Gasteiger partial charge in [0.05, 0.1) is 12.1 Å². The largest absolute Gasteiger partial charge is 0.227 e. The molecular formula is C17H31N3O2S. The SMILES string of the molecule is CCCCCCCC(C#N)S(=O)(=O)NCCCCCCCC#N. The quantitative estimate of drug-likeness (QED) is 0.455. The second-order valence-electron chi connectivity index (χ2n) is 5.94. The molecule has 0 fully saturated rings. The fourth-order valence-corrected chi connectivity index (χ4v) is 3.64. The molecule has 0 rings (SSSR count). The molecule has 23 heavy (non-hydrogen) atoms. The summed E-state index contributed by atoms with van der Waals surface area (Å²) in [5.74, 6) is 0. The number of nitriles is 2. The molecule has 0 radical (unpaired) electrons. The van der Waals surface area contributed by atoms with Gasteiger partial charge in [0.25, 0.3) is 0 Å². The second-order valence-corrected chi connectivity index (χ2v) is 7.88. The van der Waals surface area contributed by atoms with E-state index < -0.39 is 15.3 Å². The highest BCUT2D eigenvalue weighted by atomic mass is 32.2. The Morgan fingerprint density at radius 1 is 0.913 bits per heavy atom. The number of rotatable bonds is 15. The number of nitrogens with one attached hydrogen (secondary N) is 1. The van der Waals surface area contributed by atoms with Crippen molar-refractivity contribution in [3.8, 4) is 12.1 Å². The van der Waals surface area contributed by atoms with E-state index in [9.17, 15) is 8.42 Å². The van der Waals surface area contributed by atoms with Crippen molar-refractivity contribution in [2.75, 3.05) is 6.54 Å². The van der Waals surface area contributed by atoms with Gasteiger partial charge in [0, 0.05) is 13.0 Å². The molecule has 0 saturated carbocycles. The molecule has 1 atom stereocenters. The zero-order valence-corrected chi connectivity index (χ0v) is 15.2. The molecule has 0 amide bonds. The molecule has 0 aliphatic rings. The molecule has 0 saturated heterocycles. The van der Waals surface area contributed by atoms with Gasteiger partial charge in [0.2, 0.25) is 10.0 Å². The third-order valence-corrected chi connectivity index (χ3v) is 5.55. The van der Waals surface area contributed by atoms with Crippen LogP contribution in [0.3, 0.4) is 0 Å². The van der Waals surface area contributed by atoms with E-state index in [1.807, 2.05) is 6.07 Å². The van der Waals surface area contributed by atoms with E-state index in [1.165, 1.54) is 0 Å². The van der Waals surface area contributed by atoms with Gasteiger partial charge in [0.15, 0.2) is 5.25 Å². The van der Waals surface area contributed by atoms with Gasteiger partial charge >= 0.3 is 0 Å². The molecule has 1 unspecified atom stereocenters. The first kappa shape index (κ1) is 21.9. The lowest BCUT2D eigenvalue weighted by atomic mass is 10.1. The van der Waals surface area contributed by atoms with Crippen molar-refractivity contribution in [1.82, 2.24) is 4.72 Å². The van der Waals surface area contributed by atoms with Crippen LogP contribution in [0, 0.1) is 22.7 Å². The maximum atomic E-state index is 12.1. The van der Waals surface area contributed by atoms with Crippen molar-refractivity contribution in [2.45, 2.75) is 89.2 Å². The molecule has 0 aliphatic heterocycles. The van der Waals surface area contributed by atoms with Crippen LogP contribution in [0.4, 0.5) is 0 Å². The van der Waals surface area contributed by atoms with E-state index >= 15 is 0 Å². The number of sulfonamides is 1. The highest BCUT2D eigenvalue weighted by Gasteiger charge is 2.23. The van der Waals surface area contributed by atoms with Gasteiger partial charge < -0.3 is 0 Å². The van der Waals surface area contributed by atoms with E-state index in [1.54, 1.807) is 0 Å². The zero-order chi connectivity index (χ0) is 17.4. The van der Waals surface area contributed by atoms with Crippen LogP contribution in [-0.4, -0.2) is 20.2 Å². The van der Waals surface area contributed by atoms with Crippen molar-refractivity contribution < 1.29 is 8.42 Å². The minimum absolute atomic E-state index is 0.397. The van der Waals surface area contributed by atoms with Crippen molar-refractivity contribution >= 4 is 10.0 Å². The van der Waals surface area contributed by atoms with Crippen molar-refractivity contribution in [2.24, 2.45) is 0 Å². The lowest BCUT2D eigenvalue weighted by Crippen LogP contribution is -2.34. The predicted molar refractivity (Wildman–Crippen MR) is 93.0 cm³/mol. The van der Waals surface area contributed by atoms with Crippen LogP contribution in [0.25, 0.3) is 0 Å². The highest BCUT2D eigenvalue weighted by molar-refractivity contribution is 7.90. The minimum Gasteiger partial charge on any atom is -0.214 e. The summed E-state index contributed by atoms with van der Waals surface area (Å²) in [6.07, 6.45) is 10.9. The van der Waals surface area contributed by atoms with Crippen LogP contribution in [0.15, 0.2) is 0 Å². The van der Waals surface area contributed by atoms with Crippen LogP contribution in [0.2, 0.25) is 0 Å². The van der Waals surface area contributed by atoms with Gasteiger partial charge in [-0.15, -0.1) is 0 Å². The Labute approximate surface area is 142 Å². The summed E-state index contributed by atoms with van der Waals surface area (Å²) < 4.78 is 26.7. The Bertz CT molecular complexity index is 463. The van der Waals surface area contributed by atoms with Crippen LogP contribution in [-0.2, 0) is 10.0 Å². The molecule has 1 N–H and O–H groups in total. The molecule has 132 valence electrons. The Morgan fingerprint density at radius 2 is 1.52 bits per heavy atom. The average molecular weight is 342 g/mol. The molecule has 0 spiro atoms. The number of hydrogen-bond acceptors (Lipinski definition) is 4. The fraction of sp³-hybridized carbons (Fsp3) is 0.882. The standard InChI is InChI=1S/C17H31N3O2S/c1-2-3-4-7-10-13-17(16-19)23(21,22)20-15-12-9-6-5-8-11-14-18/h17,20H,2-13,15H2,1H3. The smallest absolute Gasteiger partial charge is 0.214 e. The Hall–Kier alpha value is -1.11. The van der Waals surface area contributed by atoms with Gasteiger partial charge in [-0.05, 0) is 19.3 Å². The fourth-order valence-electron chi connectivity index (χ4n) is 2.40. The van der Waals surface area contributed by atoms with Crippen LogP contribution >= 0.6 is 0 Å². The molecule has 0 aromatic rings. The molecule has 0 bridgehead atoms. The Morgan fingerprint density at radius 3 is 2.17 bits per heavy atom. The first-order chi connectivity index (χ1) is 11.1. The van der Waals surface area contributed by atoms with Crippen molar-refractivity contribution in [3.05, 3.63) is 0 Å².